The minimum Gasteiger partial charge on any atom is -0.348 e. The lowest BCUT2D eigenvalue weighted by molar-refractivity contribution is -0.118. The van der Waals surface area contributed by atoms with Crippen LogP contribution in [0, 0.1) is 30.0 Å². The molecule has 1 saturated carbocycles. The molecule has 1 heterocycles. The van der Waals surface area contributed by atoms with Crippen molar-refractivity contribution in [3.05, 3.63) is 76.7 Å². The summed E-state index contributed by atoms with van der Waals surface area (Å²) in [6, 6.07) is 16.7. The number of nitrogens with zero attached hydrogens (tertiary/aromatic N) is 2. The highest BCUT2D eigenvalue weighted by atomic mass is 19.1. The molecule has 4 nitrogen and oxygen atoms in total. The number of hydrogen-bond acceptors (Lipinski definition) is 2. The quantitative estimate of drug-likeness (QED) is 0.415. The Labute approximate surface area is 188 Å². The zero-order chi connectivity index (χ0) is 22.7. The fraction of sp³-hybridized carbons (Fsp3) is 0.333. The van der Waals surface area contributed by atoms with Crippen LogP contribution in [0.1, 0.15) is 49.4 Å². The maximum absolute atomic E-state index is 13.7. The number of fused-ring (bicyclic) bond motifs is 1. The van der Waals surface area contributed by atoms with Crippen molar-refractivity contribution in [3.63, 3.8) is 0 Å². The molecule has 0 saturated heterocycles. The van der Waals surface area contributed by atoms with Gasteiger partial charge in [0, 0.05) is 34.7 Å². The molecule has 32 heavy (non-hydrogen) atoms. The highest BCUT2D eigenvalue weighted by Gasteiger charge is 2.24. The lowest BCUT2D eigenvalue weighted by atomic mass is 9.86. The maximum atomic E-state index is 13.7. The van der Waals surface area contributed by atoms with Crippen molar-refractivity contribution in [1.82, 2.24) is 9.88 Å². The second-order valence-electron chi connectivity index (χ2n) is 8.74. The highest BCUT2D eigenvalue weighted by molar-refractivity contribution is 6.04. The lowest BCUT2D eigenvalue weighted by Gasteiger charge is -2.29. The van der Waals surface area contributed by atoms with Crippen LogP contribution in [-0.2, 0) is 11.3 Å². The van der Waals surface area contributed by atoms with Gasteiger partial charge in [-0.3, -0.25) is 4.79 Å². The average Bonchev–Trinajstić information content (AvgIpc) is 3.04. The van der Waals surface area contributed by atoms with E-state index in [4.69, 9.17) is 0 Å². The van der Waals surface area contributed by atoms with E-state index in [2.05, 4.69) is 22.9 Å². The van der Waals surface area contributed by atoms with Crippen LogP contribution in [0.4, 0.5) is 4.39 Å². The number of nitriles is 1. The summed E-state index contributed by atoms with van der Waals surface area (Å²) < 4.78 is 15.8. The number of amides is 1. The van der Waals surface area contributed by atoms with Crippen molar-refractivity contribution in [2.24, 2.45) is 5.92 Å². The number of rotatable bonds is 5. The van der Waals surface area contributed by atoms with Gasteiger partial charge in [0.15, 0.2) is 0 Å². The molecule has 1 aromatic heterocycles. The van der Waals surface area contributed by atoms with E-state index in [9.17, 15) is 14.4 Å². The Hall–Kier alpha value is -3.39. The van der Waals surface area contributed by atoms with Gasteiger partial charge in [0.25, 0.3) is 5.91 Å². The van der Waals surface area contributed by atoms with Gasteiger partial charge in [-0.15, -0.1) is 0 Å². The first-order valence-electron chi connectivity index (χ1n) is 11.2. The van der Waals surface area contributed by atoms with Gasteiger partial charge in [-0.25, -0.2) is 4.39 Å². The van der Waals surface area contributed by atoms with E-state index in [1.165, 1.54) is 18.6 Å². The summed E-state index contributed by atoms with van der Waals surface area (Å²) in [5.41, 5.74) is 3.73. The van der Waals surface area contributed by atoms with Gasteiger partial charge in [-0.2, -0.15) is 5.26 Å². The van der Waals surface area contributed by atoms with Crippen LogP contribution in [0.3, 0.4) is 0 Å². The summed E-state index contributed by atoms with van der Waals surface area (Å²) in [5, 5.41) is 13.8. The summed E-state index contributed by atoms with van der Waals surface area (Å²) >= 11 is 0. The number of aromatic nitrogens is 1. The standard InChI is InChI=1S/C27H28FN3O/c1-18-8-3-5-12-25(18)30-27(32)21(16-29)15-24-19(2)31(26-13-6-4-11-23(24)26)17-20-9-7-10-22(28)14-20/h4,6-7,9-11,13-15,18,25H,3,5,8,12,17H2,1-2H3,(H,30,32)/b21-15+/t18-,25+/m1/s1. The largest absolute Gasteiger partial charge is 0.348 e. The van der Waals surface area contributed by atoms with Crippen molar-refractivity contribution < 1.29 is 9.18 Å². The monoisotopic (exact) mass is 429 g/mol. The van der Waals surface area contributed by atoms with Crippen molar-refractivity contribution in [1.29, 1.82) is 5.26 Å². The zero-order valence-corrected chi connectivity index (χ0v) is 18.6. The molecule has 2 atom stereocenters. The Balaban J connectivity index is 1.70. The maximum Gasteiger partial charge on any atom is 0.262 e. The van der Waals surface area contributed by atoms with E-state index in [-0.39, 0.29) is 23.3 Å². The normalized spacial score (nSPS) is 19.0. The van der Waals surface area contributed by atoms with Crippen LogP contribution >= 0.6 is 0 Å². The van der Waals surface area contributed by atoms with Gasteiger partial charge in [0.1, 0.15) is 17.5 Å². The predicted molar refractivity (Wildman–Crippen MR) is 125 cm³/mol. The SMILES string of the molecule is Cc1c(/C=C(\C#N)C(=O)N[C@H]2CCCC[C@H]2C)c2ccccc2n1Cc1cccc(F)c1. The van der Waals surface area contributed by atoms with Crippen LogP contribution < -0.4 is 5.32 Å². The molecule has 2 aromatic carbocycles. The summed E-state index contributed by atoms with van der Waals surface area (Å²) in [5.74, 6) is -0.160. The summed E-state index contributed by atoms with van der Waals surface area (Å²) in [6.07, 6.45) is 6.05. The predicted octanol–water partition coefficient (Wildman–Crippen LogP) is 5.74. The molecular weight excluding hydrogens is 401 g/mol. The molecule has 0 radical (unpaired) electrons. The van der Waals surface area contributed by atoms with E-state index in [0.717, 1.165) is 47.0 Å². The summed E-state index contributed by atoms with van der Waals surface area (Å²) in [7, 11) is 0. The molecule has 1 N–H and O–H groups in total. The smallest absolute Gasteiger partial charge is 0.262 e. The van der Waals surface area contributed by atoms with Crippen molar-refractivity contribution in [2.75, 3.05) is 0 Å². The van der Waals surface area contributed by atoms with Crippen LogP contribution in [-0.4, -0.2) is 16.5 Å². The first kappa shape index (κ1) is 21.8. The molecule has 0 unspecified atom stereocenters. The minimum atomic E-state index is -0.312. The van der Waals surface area contributed by atoms with E-state index in [0.29, 0.717) is 12.5 Å². The van der Waals surface area contributed by atoms with E-state index in [1.54, 1.807) is 12.1 Å². The summed E-state index contributed by atoms with van der Waals surface area (Å²) in [6.45, 7) is 4.64. The van der Waals surface area contributed by atoms with Crippen molar-refractivity contribution >= 4 is 22.9 Å². The minimum absolute atomic E-state index is 0.111. The van der Waals surface area contributed by atoms with E-state index in [1.807, 2.05) is 37.3 Å². The second kappa shape index (κ2) is 9.40. The van der Waals surface area contributed by atoms with E-state index >= 15 is 0 Å². The van der Waals surface area contributed by atoms with Crippen LogP contribution in [0.25, 0.3) is 17.0 Å². The Morgan fingerprint density at radius 3 is 2.75 bits per heavy atom. The Morgan fingerprint density at radius 1 is 1.22 bits per heavy atom. The number of para-hydroxylation sites is 1. The number of halogens is 1. The van der Waals surface area contributed by atoms with E-state index < -0.39 is 0 Å². The van der Waals surface area contributed by atoms with Crippen LogP contribution in [0.5, 0.6) is 0 Å². The molecule has 1 aliphatic carbocycles. The third kappa shape index (κ3) is 4.45. The average molecular weight is 430 g/mol. The molecule has 0 bridgehead atoms. The van der Waals surface area contributed by atoms with Crippen LogP contribution in [0.15, 0.2) is 54.1 Å². The molecule has 4 rings (SSSR count). The zero-order valence-electron chi connectivity index (χ0n) is 18.6. The van der Waals surface area contributed by atoms with Gasteiger partial charge in [-0.05, 0) is 55.5 Å². The van der Waals surface area contributed by atoms with Gasteiger partial charge in [0.05, 0.1) is 0 Å². The van der Waals surface area contributed by atoms with Gasteiger partial charge in [0.2, 0.25) is 0 Å². The first-order valence-corrected chi connectivity index (χ1v) is 11.2. The summed E-state index contributed by atoms with van der Waals surface area (Å²) in [4.78, 5) is 12.9. The molecule has 1 fully saturated rings. The Morgan fingerprint density at radius 2 is 2.00 bits per heavy atom. The fourth-order valence-electron chi connectivity index (χ4n) is 4.73. The molecule has 164 valence electrons. The number of carbonyl (C=O) groups excluding carboxylic acids is 1. The second-order valence-corrected chi connectivity index (χ2v) is 8.74. The first-order chi connectivity index (χ1) is 15.5. The molecule has 1 amide bonds. The third-order valence-electron chi connectivity index (χ3n) is 6.59. The molecule has 1 aliphatic rings. The Kier molecular flexibility index (Phi) is 6.41. The molecular formula is C27H28FN3O. The fourth-order valence-corrected chi connectivity index (χ4v) is 4.73. The van der Waals surface area contributed by atoms with Crippen LogP contribution in [0.2, 0.25) is 0 Å². The molecule has 0 spiro atoms. The number of carbonyl (C=O) groups is 1. The lowest BCUT2D eigenvalue weighted by Crippen LogP contribution is -2.41. The van der Waals surface area contributed by atoms with Gasteiger partial charge in [-0.1, -0.05) is 50.1 Å². The topological polar surface area (TPSA) is 57.8 Å². The Bertz CT molecular complexity index is 1220. The van der Waals surface area contributed by atoms with Gasteiger partial charge >= 0.3 is 0 Å². The number of hydrogen-bond donors (Lipinski definition) is 1. The highest BCUT2D eigenvalue weighted by Crippen LogP contribution is 2.29. The molecule has 0 aliphatic heterocycles. The molecule has 5 heteroatoms. The third-order valence-corrected chi connectivity index (χ3v) is 6.59. The van der Waals surface area contributed by atoms with Gasteiger partial charge < -0.3 is 9.88 Å². The number of benzene rings is 2. The van der Waals surface area contributed by atoms with Crippen molar-refractivity contribution in [2.45, 2.75) is 52.1 Å². The van der Waals surface area contributed by atoms with Crippen molar-refractivity contribution in [3.8, 4) is 6.07 Å². The molecule has 3 aromatic rings. The number of nitrogens with one attached hydrogen (secondary N) is 1.